The van der Waals surface area contributed by atoms with Crippen LogP contribution in [-0.2, 0) is 16.0 Å². The molecule has 0 bridgehead atoms. The average Bonchev–Trinajstić information content (AvgIpc) is 3.68. The molecule has 0 radical (unpaired) electrons. The Balaban J connectivity index is 1.66. The van der Waals surface area contributed by atoms with E-state index in [1.54, 1.807) is 12.4 Å². The average molecular weight is 545 g/mol. The molecule has 1 fully saturated rings. The molecule has 1 aromatic carbocycles. The molecule has 8 nitrogen and oxygen atoms in total. The zero-order chi connectivity index (χ0) is 27.2. The van der Waals surface area contributed by atoms with E-state index in [2.05, 4.69) is 25.3 Å². The van der Waals surface area contributed by atoms with E-state index in [1.807, 2.05) is 0 Å². The van der Waals surface area contributed by atoms with Crippen LogP contribution in [0.3, 0.4) is 0 Å². The van der Waals surface area contributed by atoms with Crippen LogP contribution in [0.25, 0.3) is 11.5 Å². The topological polar surface area (TPSA) is 115 Å². The Hall–Kier alpha value is -3.62. The van der Waals surface area contributed by atoms with Crippen molar-refractivity contribution in [1.82, 2.24) is 25.3 Å². The number of carbonyl (C=O) groups is 1. The van der Waals surface area contributed by atoms with Gasteiger partial charge in [0, 0.05) is 30.4 Å². The lowest BCUT2D eigenvalue weighted by atomic mass is 10.1. The summed E-state index contributed by atoms with van der Waals surface area (Å²) < 4.78 is 102. The summed E-state index contributed by atoms with van der Waals surface area (Å²) in [4.78, 5) is 27.9. The van der Waals surface area contributed by atoms with Crippen molar-refractivity contribution in [2.24, 2.45) is 0 Å². The Morgan fingerprint density at radius 2 is 1.59 bits per heavy atom. The summed E-state index contributed by atoms with van der Waals surface area (Å²) in [6, 6.07) is -0.710. The number of nitrogens with one attached hydrogen (secondary N) is 1. The molecule has 196 valence electrons. The van der Waals surface area contributed by atoms with E-state index in [4.69, 9.17) is 0 Å². The summed E-state index contributed by atoms with van der Waals surface area (Å²) in [5, 5.41) is 2.32. The van der Waals surface area contributed by atoms with Crippen molar-refractivity contribution in [1.29, 1.82) is 0 Å². The number of hydrogen-bond acceptors (Lipinski definition) is 7. The number of aromatic nitrogens is 4. The first-order valence-electron chi connectivity index (χ1n) is 10.7. The van der Waals surface area contributed by atoms with Crippen molar-refractivity contribution in [2.45, 2.75) is 48.3 Å². The summed E-state index contributed by atoms with van der Waals surface area (Å²) in [6.07, 6.45) is 2.73. The molecule has 0 aliphatic heterocycles. The number of benzene rings is 1. The predicted octanol–water partition coefficient (Wildman–Crippen LogP) is 4.61. The van der Waals surface area contributed by atoms with Crippen LogP contribution >= 0.6 is 0 Å². The fourth-order valence-electron chi connectivity index (χ4n) is 3.46. The van der Waals surface area contributed by atoms with Crippen LogP contribution in [0.1, 0.15) is 58.9 Å². The highest BCUT2D eigenvalue weighted by molar-refractivity contribution is 7.92. The van der Waals surface area contributed by atoms with Crippen LogP contribution in [0.5, 0.6) is 0 Å². The van der Waals surface area contributed by atoms with Crippen molar-refractivity contribution in [3.05, 3.63) is 65.4 Å². The Kier molecular flexibility index (Phi) is 6.69. The summed E-state index contributed by atoms with van der Waals surface area (Å²) in [6.45, 7) is 1.41. The number of carbonyl (C=O) groups excluding carboxylic acids is 1. The third kappa shape index (κ3) is 5.55. The summed E-state index contributed by atoms with van der Waals surface area (Å²) in [5.74, 6) is -0.697. The molecule has 2 heterocycles. The molecule has 1 aliphatic rings. The SMILES string of the molecule is CC(NC(=O)c1cc(C(F)(F)F)cc(S(=O)(=O)C(F)(F)F)c1)c1nccnc1-c1ncc(C2CC2)cn1. The highest BCUT2D eigenvalue weighted by atomic mass is 32.2. The number of amides is 1. The minimum atomic E-state index is -6.16. The molecule has 4 rings (SSSR count). The quantitative estimate of drug-likeness (QED) is 0.450. The number of alkyl halides is 6. The lowest BCUT2D eigenvalue weighted by Crippen LogP contribution is -2.29. The van der Waals surface area contributed by atoms with E-state index < -0.39 is 49.5 Å². The Labute approximate surface area is 206 Å². The van der Waals surface area contributed by atoms with Gasteiger partial charge in [-0.05, 0) is 49.4 Å². The lowest BCUT2D eigenvalue weighted by Gasteiger charge is -2.17. The smallest absolute Gasteiger partial charge is 0.344 e. The highest BCUT2D eigenvalue weighted by Crippen LogP contribution is 2.39. The first-order valence-corrected chi connectivity index (χ1v) is 12.1. The van der Waals surface area contributed by atoms with Gasteiger partial charge >= 0.3 is 11.7 Å². The number of hydrogen-bond donors (Lipinski definition) is 1. The van der Waals surface area contributed by atoms with Crippen molar-refractivity contribution < 1.29 is 39.6 Å². The number of rotatable bonds is 6. The fraction of sp³-hybridized carbons (Fsp3) is 0.318. The third-order valence-corrected chi connectivity index (χ3v) is 6.99. The normalized spacial score (nSPS) is 15.3. The van der Waals surface area contributed by atoms with Crippen molar-refractivity contribution in [2.75, 3.05) is 0 Å². The summed E-state index contributed by atoms with van der Waals surface area (Å²) in [7, 11) is -6.16. The van der Waals surface area contributed by atoms with Gasteiger partial charge in [0.25, 0.3) is 15.7 Å². The summed E-state index contributed by atoms with van der Waals surface area (Å²) in [5.41, 5.74) is -7.31. The molecule has 2 aromatic heterocycles. The number of nitrogens with zero attached hydrogens (tertiary/aromatic N) is 4. The second-order valence-corrected chi connectivity index (χ2v) is 10.2. The van der Waals surface area contributed by atoms with Gasteiger partial charge in [-0.1, -0.05) is 0 Å². The first-order chi connectivity index (χ1) is 17.2. The van der Waals surface area contributed by atoms with Crippen molar-refractivity contribution in [3.8, 4) is 11.5 Å². The monoisotopic (exact) mass is 545 g/mol. The molecule has 15 heteroatoms. The Morgan fingerprint density at radius 3 is 2.16 bits per heavy atom. The van der Waals surface area contributed by atoms with Gasteiger partial charge < -0.3 is 5.32 Å². The zero-order valence-electron chi connectivity index (χ0n) is 18.8. The molecule has 1 aliphatic carbocycles. The summed E-state index contributed by atoms with van der Waals surface area (Å²) >= 11 is 0. The first kappa shape index (κ1) is 26.4. The molecule has 1 N–H and O–H groups in total. The number of sulfone groups is 1. The van der Waals surface area contributed by atoms with Crippen LogP contribution in [-0.4, -0.2) is 39.8 Å². The van der Waals surface area contributed by atoms with Crippen LogP contribution in [0.15, 0.2) is 47.9 Å². The molecule has 1 unspecified atom stereocenters. The zero-order valence-corrected chi connectivity index (χ0v) is 19.6. The Morgan fingerprint density at radius 1 is 0.973 bits per heavy atom. The van der Waals surface area contributed by atoms with E-state index in [1.165, 1.54) is 19.3 Å². The van der Waals surface area contributed by atoms with Gasteiger partial charge in [-0.2, -0.15) is 26.3 Å². The van der Waals surface area contributed by atoms with Crippen molar-refractivity contribution in [3.63, 3.8) is 0 Å². The largest absolute Gasteiger partial charge is 0.501 e. The molecule has 1 amide bonds. The van der Waals surface area contributed by atoms with Gasteiger partial charge in [0.05, 0.1) is 22.2 Å². The maximum Gasteiger partial charge on any atom is 0.501 e. The van der Waals surface area contributed by atoms with Gasteiger partial charge in [0.2, 0.25) is 0 Å². The molecule has 0 saturated heterocycles. The molecular formula is C22H17F6N5O3S. The third-order valence-electron chi connectivity index (χ3n) is 5.53. The minimum Gasteiger partial charge on any atom is -0.344 e. The lowest BCUT2D eigenvalue weighted by molar-refractivity contribution is -0.137. The van der Waals surface area contributed by atoms with Gasteiger partial charge in [0.1, 0.15) is 5.69 Å². The molecule has 0 spiro atoms. The standard InChI is InChI=1S/C22H17F6N5O3S/c1-11(17-18(30-5-4-29-17)19-31-9-14(10-32-19)12-2-3-12)33-20(34)13-6-15(21(23,24)25)8-16(7-13)37(35,36)22(26,27)28/h4-12H,2-3H2,1H3,(H,33,34). The Bertz CT molecular complexity index is 1440. The van der Waals surface area contributed by atoms with E-state index in [0.29, 0.717) is 5.92 Å². The predicted molar refractivity (Wildman–Crippen MR) is 116 cm³/mol. The van der Waals surface area contributed by atoms with E-state index in [-0.39, 0.29) is 35.4 Å². The highest BCUT2D eigenvalue weighted by Gasteiger charge is 2.48. The molecular weight excluding hydrogens is 528 g/mol. The van der Waals surface area contributed by atoms with Crippen LogP contribution in [0.2, 0.25) is 0 Å². The second-order valence-electron chi connectivity index (χ2n) is 8.29. The van der Waals surface area contributed by atoms with E-state index in [9.17, 15) is 39.6 Å². The molecule has 3 aromatic rings. The van der Waals surface area contributed by atoms with Gasteiger partial charge in [-0.15, -0.1) is 0 Å². The molecule has 1 atom stereocenters. The molecule has 37 heavy (non-hydrogen) atoms. The van der Waals surface area contributed by atoms with E-state index in [0.717, 1.165) is 18.4 Å². The van der Waals surface area contributed by atoms with Crippen LogP contribution < -0.4 is 5.32 Å². The minimum absolute atomic E-state index is 0.130. The van der Waals surface area contributed by atoms with Crippen LogP contribution in [0.4, 0.5) is 26.3 Å². The van der Waals surface area contributed by atoms with E-state index >= 15 is 0 Å². The number of halogens is 6. The maximum absolute atomic E-state index is 13.3. The molecule has 1 saturated carbocycles. The van der Waals surface area contributed by atoms with Crippen LogP contribution in [0, 0.1) is 0 Å². The van der Waals surface area contributed by atoms with Gasteiger partial charge in [-0.25, -0.2) is 23.4 Å². The van der Waals surface area contributed by atoms with Gasteiger partial charge in [0.15, 0.2) is 5.82 Å². The maximum atomic E-state index is 13.3. The van der Waals surface area contributed by atoms with Crippen molar-refractivity contribution >= 4 is 15.7 Å². The second kappa shape index (κ2) is 9.36. The fourth-order valence-corrected chi connectivity index (χ4v) is 4.29. The van der Waals surface area contributed by atoms with Gasteiger partial charge in [-0.3, -0.25) is 9.78 Å².